The second-order valence-corrected chi connectivity index (χ2v) is 5.22. The van der Waals surface area contributed by atoms with Crippen molar-refractivity contribution in [2.75, 3.05) is 6.54 Å². The van der Waals surface area contributed by atoms with Crippen LogP contribution in [0.15, 0.2) is 24.5 Å². The van der Waals surface area contributed by atoms with Gasteiger partial charge in [-0.1, -0.05) is 29.3 Å². The molecule has 0 aliphatic carbocycles. The SMILES string of the molecule is CC(NCCCc1ncn[nH]1)c1ccc(Cl)cc1Cl. The van der Waals surface area contributed by atoms with Gasteiger partial charge in [0.05, 0.1) is 0 Å². The first-order chi connectivity index (χ1) is 9.16. The topological polar surface area (TPSA) is 53.6 Å². The highest BCUT2D eigenvalue weighted by molar-refractivity contribution is 6.35. The predicted molar refractivity (Wildman–Crippen MR) is 77.6 cm³/mol. The van der Waals surface area contributed by atoms with E-state index in [0.717, 1.165) is 30.8 Å². The molecule has 0 radical (unpaired) electrons. The van der Waals surface area contributed by atoms with Gasteiger partial charge in [0.25, 0.3) is 0 Å². The Balaban J connectivity index is 1.79. The first-order valence-corrected chi connectivity index (χ1v) is 6.95. The molecule has 0 spiro atoms. The predicted octanol–water partition coefficient (Wildman–Crippen LogP) is 3.39. The first-order valence-electron chi connectivity index (χ1n) is 6.19. The summed E-state index contributed by atoms with van der Waals surface area (Å²) < 4.78 is 0. The highest BCUT2D eigenvalue weighted by Crippen LogP contribution is 2.25. The van der Waals surface area contributed by atoms with E-state index in [2.05, 4.69) is 27.4 Å². The molecule has 0 saturated carbocycles. The molecule has 1 aromatic carbocycles. The van der Waals surface area contributed by atoms with Crippen LogP contribution in [0.4, 0.5) is 0 Å². The van der Waals surface area contributed by atoms with Crippen molar-refractivity contribution < 1.29 is 0 Å². The van der Waals surface area contributed by atoms with E-state index in [1.807, 2.05) is 12.1 Å². The van der Waals surface area contributed by atoms with Crippen molar-refractivity contribution in [3.63, 3.8) is 0 Å². The number of aromatic nitrogens is 3. The van der Waals surface area contributed by atoms with Gasteiger partial charge in [0, 0.05) is 22.5 Å². The largest absolute Gasteiger partial charge is 0.310 e. The molecule has 19 heavy (non-hydrogen) atoms. The lowest BCUT2D eigenvalue weighted by Gasteiger charge is -2.15. The Morgan fingerprint density at radius 3 is 2.89 bits per heavy atom. The number of H-pyrrole nitrogens is 1. The van der Waals surface area contributed by atoms with Crippen molar-refractivity contribution in [1.29, 1.82) is 0 Å². The number of nitrogens with one attached hydrogen (secondary N) is 2. The minimum absolute atomic E-state index is 0.194. The van der Waals surface area contributed by atoms with Crippen molar-refractivity contribution in [2.24, 2.45) is 0 Å². The van der Waals surface area contributed by atoms with Gasteiger partial charge in [-0.3, -0.25) is 5.10 Å². The van der Waals surface area contributed by atoms with Crippen LogP contribution in [-0.4, -0.2) is 21.7 Å². The number of aromatic amines is 1. The van der Waals surface area contributed by atoms with Gasteiger partial charge in [0.1, 0.15) is 12.2 Å². The number of nitrogens with zero attached hydrogens (tertiary/aromatic N) is 2. The Labute approximate surface area is 122 Å². The molecule has 1 unspecified atom stereocenters. The highest BCUT2D eigenvalue weighted by Gasteiger charge is 2.09. The summed E-state index contributed by atoms with van der Waals surface area (Å²) in [5.41, 5.74) is 1.06. The van der Waals surface area contributed by atoms with Gasteiger partial charge >= 0.3 is 0 Å². The number of benzene rings is 1. The molecule has 2 rings (SSSR count). The van der Waals surface area contributed by atoms with Gasteiger partial charge in [-0.15, -0.1) is 0 Å². The Morgan fingerprint density at radius 1 is 1.37 bits per heavy atom. The fourth-order valence-electron chi connectivity index (χ4n) is 1.89. The molecule has 1 heterocycles. The molecule has 102 valence electrons. The summed E-state index contributed by atoms with van der Waals surface area (Å²) in [5, 5.41) is 11.5. The molecule has 6 heteroatoms. The van der Waals surface area contributed by atoms with Crippen molar-refractivity contribution in [1.82, 2.24) is 20.5 Å². The van der Waals surface area contributed by atoms with Crippen LogP contribution in [0.5, 0.6) is 0 Å². The third-order valence-corrected chi connectivity index (χ3v) is 3.50. The molecule has 4 nitrogen and oxygen atoms in total. The molecule has 1 aromatic heterocycles. The van der Waals surface area contributed by atoms with Crippen LogP contribution >= 0.6 is 23.2 Å². The van der Waals surface area contributed by atoms with Gasteiger partial charge in [0.15, 0.2) is 0 Å². The molecule has 1 atom stereocenters. The van der Waals surface area contributed by atoms with Crippen LogP contribution in [0.2, 0.25) is 10.0 Å². The van der Waals surface area contributed by atoms with Crippen LogP contribution in [0, 0.1) is 0 Å². The van der Waals surface area contributed by atoms with Crippen LogP contribution in [0.1, 0.15) is 30.8 Å². The van der Waals surface area contributed by atoms with Crippen LogP contribution in [0.3, 0.4) is 0 Å². The molecule has 2 aromatic rings. The van der Waals surface area contributed by atoms with Crippen LogP contribution < -0.4 is 5.32 Å². The molecule has 0 amide bonds. The van der Waals surface area contributed by atoms with Crippen molar-refractivity contribution in [3.8, 4) is 0 Å². The number of hydrogen-bond donors (Lipinski definition) is 2. The molecule has 0 aliphatic rings. The van der Waals surface area contributed by atoms with E-state index < -0.39 is 0 Å². The number of halogens is 2. The lowest BCUT2D eigenvalue weighted by molar-refractivity contribution is 0.554. The highest BCUT2D eigenvalue weighted by atomic mass is 35.5. The van der Waals surface area contributed by atoms with Gasteiger partial charge in [-0.05, 0) is 37.6 Å². The number of aryl methyl sites for hydroxylation is 1. The smallest absolute Gasteiger partial charge is 0.137 e. The third-order valence-electron chi connectivity index (χ3n) is 2.93. The lowest BCUT2D eigenvalue weighted by atomic mass is 10.1. The second-order valence-electron chi connectivity index (χ2n) is 4.38. The fraction of sp³-hybridized carbons (Fsp3) is 0.385. The third kappa shape index (κ3) is 4.20. The zero-order valence-corrected chi connectivity index (χ0v) is 12.2. The van der Waals surface area contributed by atoms with Gasteiger partial charge < -0.3 is 5.32 Å². The monoisotopic (exact) mass is 298 g/mol. The number of rotatable bonds is 6. The average Bonchev–Trinajstić information content (AvgIpc) is 2.87. The fourth-order valence-corrected chi connectivity index (χ4v) is 2.46. The van der Waals surface area contributed by atoms with Crippen molar-refractivity contribution in [2.45, 2.75) is 25.8 Å². The summed E-state index contributed by atoms with van der Waals surface area (Å²) in [4.78, 5) is 4.08. The van der Waals surface area contributed by atoms with E-state index in [9.17, 15) is 0 Å². The summed E-state index contributed by atoms with van der Waals surface area (Å²) in [7, 11) is 0. The van der Waals surface area contributed by atoms with E-state index in [0.29, 0.717) is 10.0 Å². The molecule has 0 aliphatic heterocycles. The average molecular weight is 299 g/mol. The summed E-state index contributed by atoms with van der Waals surface area (Å²) in [6, 6.07) is 5.78. The summed E-state index contributed by atoms with van der Waals surface area (Å²) in [5.74, 6) is 0.916. The Bertz CT molecular complexity index is 513. The summed E-state index contributed by atoms with van der Waals surface area (Å²) in [6.07, 6.45) is 3.40. The maximum atomic E-state index is 6.17. The normalized spacial score (nSPS) is 12.6. The maximum absolute atomic E-state index is 6.17. The van der Waals surface area contributed by atoms with Crippen molar-refractivity contribution in [3.05, 3.63) is 46.0 Å². The quantitative estimate of drug-likeness (QED) is 0.804. The van der Waals surface area contributed by atoms with E-state index in [4.69, 9.17) is 23.2 Å². The zero-order chi connectivity index (χ0) is 13.7. The lowest BCUT2D eigenvalue weighted by Crippen LogP contribution is -2.20. The van der Waals surface area contributed by atoms with Gasteiger partial charge in [0.2, 0.25) is 0 Å². The molecular formula is C13H16Cl2N4. The van der Waals surface area contributed by atoms with Crippen LogP contribution in [0.25, 0.3) is 0 Å². The number of hydrogen-bond acceptors (Lipinski definition) is 3. The minimum atomic E-state index is 0.194. The first kappa shape index (κ1) is 14.3. The molecular weight excluding hydrogens is 283 g/mol. The zero-order valence-electron chi connectivity index (χ0n) is 10.7. The van der Waals surface area contributed by atoms with Gasteiger partial charge in [-0.25, -0.2) is 4.98 Å². The standard InChI is InChI=1S/C13H16Cl2N4/c1-9(11-5-4-10(14)7-12(11)15)16-6-2-3-13-17-8-18-19-13/h4-5,7-9,16H,2-3,6H2,1H3,(H,17,18,19). The Morgan fingerprint density at radius 2 is 2.21 bits per heavy atom. The summed E-state index contributed by atoms with van der Waals surface area (Å²) in [6.45, 7) is 2.98. The minimum Gasteiger partial charge on any atom is -0.310 e. The molecule has 0 bridgehead atoms. The molecule has 0 fully saturated rings. The van der Waals surface area contributed by atoms with Crippen LogP contribution in [-0.2, 0) is 6.42 Å². The van der Waals surface area contributed by atoms with E-state index in [1.165, 1.54) is 6.33 Å². The van der Waals surface area contributed by atoms with Crippen molar-refractivity contribution >= 4 is 23.2 Å². The molecule has 0 saturated heterocycles. The Hall–Kier alpha value is -1.10. The second kappa shape index (κ2) is 6.89. The molecule has 2 N–H and O–H groups in total. The van der Waals surface area contributed by atoms with Gasteiger partial charge in [-0.2, -0.15) is 5.10 Å². The van der Waals surface area contributed by atoms with E-state index >= 15 is 0 Å². The van der Waals surface area contributed by atoms with E-state index in [1.54, 1.807) is 6.07 Å². The van der Waals surface area contributed by atoms with E-state index in [-0.39, 0.29) is 6.04 Å². The Kier molecular flexibility index (Phi) is 5.19. The summed E-state index contributed by atoms with van der Waals surface area (Å²) >= 11 is 12.1. The maximum Gasteiger partial charge on any atom is 0.137 e.